The molecule has 0 aliphatic heterocycles. The van der Waals surface area contributed by atoms with Gasteiger partial charge in [0.05, 0.1) is 0 Å². The van der Waals surface area contributed by atoms with Crippen molar-refractivity contribution in [2.24, 2.45) is 0 Å². The minimum atomic E-state index is 0. The average Bonchev–Trinajstić information content (AvgIpc) is 2.83. The van der Waals surface area contributed by atoms with Crippen molar-refractivity contribution in [1.82, 2.24) is 0 Å². The molecule has 0 aliphatic rings. The monoisotopic (exact) mass is 580 g/mol. The maximum absolute atomic E-state index is 2.28. The third-order valence-corrected chi connectivity index (χ3v) is 6.12. The van der Waals surface area contributed by atoms with E-state index in [0.29, 0.717) is 0 Å². The second-order valence-electron chi connectivity index (χ2n) is 8.83. The third kappa shape index (κ3) is 8.48. The minimum absolute atomic E-state index is 0. The Labute approximate surface area is 225 Å². The van der Waals surface area contributed by atoms with Crippen molar-refractivity contribution in [2.45, 2.75) is 52.6 Å². The largest absolute Gasteiger partial charge is 1.00 e. The molecule has 178 valence electrons. The van der Waals surface area contributed by atoms with Crippen LogP contribution < -0.4 is 43.1 Å². The zero-order valence-corrected chi connectivity index (χ0v) is 23.3. The van der Waals surface area contributed by atoms with Crippen molar-refractivity contribution in [3.8, 4) is 11.1 Å². The van der Waals surface area contributed by atoms with Crippen LogP contribution in [0.25, 0.3) is 11.1 Å². The summed E-state index contributed by atoms with van der Waals surface area (Å²) in [6.45, 7) is 6.38. The van der Waals surface area contributed by atoms with Crippen molar-refractivity contribution < 1.29 is 43.1 Å². The summed E-state index contributed by atoms with van der Waals surface area (Å²) in [7, 11) is 0. The Hall–Kier alpha value is -2.30. The molecule has 2 aromatic carbocycles. The average molecular weight is 582 g/mol. The van der Waals surface area contributed by atoms with E-state index in [1.807, 2.05) is 0 Å². The van der Waals surface area contributed by atoms with Crippen LogP contribution in [0, 0.1) is 13.8 Å². The van der Waals surface area contributed by atoms with Crippen LogP contribution in [0.5, 0.6) is 0 Å². The highest BCUT2D eigenvalue weighted by atomic mass is 79.9. The van der Waals surface area contributed by atoms with E-state index >= 15 is 0 Å². The van der Waals surface area contributed by atoms with E-state index in [4.69, 9.17) is 0 Å². The van der Waals surface area contributed by atoms with E-state index < -0.39 is 0 Å². The molecule has 0 unspecified atom stereocenters. The number of pyridine rings is 2. The lowest BCUT2D eigenvalue weighted by Crippen LogP contribution is -3.00. The number of halogens is 2. The van der Waals surface area contributed by atoms with Gasteiger partial charge in [0.15, 0.2) is 24.8 Å². The Balaban J connectivity index is 0.00000204. The maximum atomic E-state index is 2.28. The van der Waals surface area contributed by atoms with E-state index in [1.54, 1.807) is 0 Å². The molecule has 4 heteroatoms. The summed E-state index contributed by atoms with van der Waals surface area (Å²) in [4.78, 5) is 0. The first kappa shape index (κ1) is 27.9. The molecular weight excluding hydrogens is 548 g/mol. The van der Waals surface area contributed by atoms with Gasteiger partial charge in [-0.2, -0.15) is 0 Å². The van der Waals surface area contributed by atoms with Gasteiger partial charge in [-0.15, -0.1) is 0 Å². The van der Waals surface area contributed by atoms with Crippen molar-refractivity contribution in [3.05, 3.63) is 120 Å². The Morgan fingerprint density at radius 2 is 0.794 bits per heavy atom. The normalized spacial score (nSPS) is 10.3. The van der Waals surface area contributed by atoms with E-state index in [2.05, 4.69) is 121 Å². The van der Waals surface area contributed by atoms with Crippen LogP contribution in [0.15, 0.2) is 97.6 Å². The second-order valence-corrected chi connectivity index (χ2v) is 8.83. The highest BCUT2D eigenvalue weighted by molar-refractivity contribution is 5.64. The highest BCUT2D eigenvalue weighted by Crippen LogP contribution is 2.21. The summed E-state index contributed by atoms with van der Waals surface area (Å²) in [6.07, 6.45) is 13.2. The second kappa shape index (κ2) is 14.2. The quantitative estimate of drug-likeness (QED) is 0.242. The molecule has 0 aliphatic carbocycles. The maximum Gasteiger partial charge on any atom is 0.169 e. The predicted molar refractivity (Wildman–Crippen MR) is 131 cm³/mol. The summed E-state index contributed by atoms with van der Waals surface area (Å²) in [6, 6.07) is 26.8. The summed E-state index contributed by atoms with van der Waals surface area (Å²) < 4.78 is 4.53. The number of benzene rings is 2. The fourth-order valence-corrected chi connectivity index (χ4v) is 4.02. The van der Waals surface area contributed by atoms with Gasteiger partial charge in [0.1, 0.15) is 13.1 Å². The fraction of sp³-hybridized carbons (Fsp3) is 0.267. The number of rotatable bonds is 9. The molecule has 0 amide bonds. The molecule has 4 rings (SSSR count). The van der Waals surface area contributed by atoms with Crippen molar-refractivity contribution >= 4 is 0 Å². The van der Waals surface area contributed by atoms with Gasteiger partial charge >= 0.3 is 0 Å². The molecular formula is C30H34Br2N2. The molecule has 2 heterocycles. The molecule has 0 fully saturated rings. The number of aryl methyl sites for hydroxylation is 6. The van der Waals surface area contributed by atoms with Crippen LogP contribution in [0.1, 0.15) is 35.1 Å². The van der Waals surface area contributed by atoms with Crippen molar-refractivity contribution in [3.63, 3.8) is 0 Å². The van der Waals surface area contributed by atoms with Gasteiger partial charge in [-0.3, -0.25) is 0 Å². The van der Waals surface area contributed by atoms with Crippen LogP contribution >= 0.6 is 0 Å². The van der Waals surface area contributed by atoms with Gasteiger partial charge in [0.2, 0.25) is 0 Å². The van der Waals surface area contributed by atoms with E-state index in [0.717, 1.165) is 38.8 Å². The molecule has 2 nitrogen and oxygen atoms in total. The third-order valence-electron chi connectivity index (χ3n) is 6.12. The van der Waals surface area contributed by atoms with Crippen LogP contribution in [0.3, 0.4) is 0 Å². The molecule has 0 atom stereocenters. The van der Waals surface area contributed by atoms with Gasteiger partial charge in [0, 0.05) is 37.1 Å². The highest BCUT2D eigenvalue weighted by Gasteiger charge is 2.04. The molecule has 2 aromatic heterocycles. The standard InChI is InChI=1S/C30H34N2.2BrH/c1-25-15-21-31(22-16-25)19-3-5-27-7-11-29(12-8-27)30-13-9-28(10-14-30)6-4-20-32-23-17-26(2)18-24-32;;/h7-18,21-24H,3-6,19-20H2,1-2H3;2*1H/q+2;;/p-2. The predicted octanol–water partition coefficient (Wildman–Crippen LogP) is -0.181. The SMILES string of the molecule is Cc1cc[n+](CCCc2ccc(-c3ccc(CCC[n+]4ccc(C)cc4)cc3)cc2)cc1.[Br-].[Br-]. The van der Waals surface area contributed by atoms with Crippen LogP contribution in [0.4, 0.5) is 0 Å². The summed E-state index contributed by atoms with van der Waals surface area (Å²) in [5.41, 5.74) is 8.03. The summed E-state index contributed by atoms with van der Waals surface area (Å²) in [5.74, 6) is 0. The molecule has 0 bridgehead atoms. The smallest absolute Gasteiger partial charge is 0.169 e. The molecule has 0 saturated carbocycles. The molecule has 4 aromatic rings. The van der Waals surface area contributed by atoms with Gasteiger partial charge < -0.3 is 34.0 Å². The lowest BCUT2D eigenvalue weighted by Gasteiger charge is -2.06. The molecule has 34 heavy (non-hydrogen) atoms. The Bertz CT molecular complexity index is 1010. The number of hydrogen-bond donors (Lipinski definition) is 0. The van der Waals surface area contributed by atoms with Gasteiger partial charge in [0.25, 0.3) is 0 Å². The molecule has 0 N–H and O–H groups in total. The lowest BCUT2D eigenvalue weighted by molar-refractivity contribution is -0.697. The van der Waals surface area contributed by atoms with E-state index in [-0.39, 0.29) is 34.0 Å². The first-order chi connectivity index (χ1) is 15.7. The number of nitrogens with zero attached hydrogens (tertiary/aromatic N) is 2. The van der Waals surface area contributed by atoms with Crippen LogP contribution in [-0.4, -0.2) is 0 Å². The lowest BCUT2D eigenvalue weighted by atomic mass is 10.00. The molecule has 0 radical (unpaired) electrons. The minimum Gasteiger partial charge on any atom is -1.00 e. The Morgan fingerprint density at radius 1 is 0.471 bits per heavy atom. The zero-order chi connectivity index (χ0) is 22.2. The zero-order valence-electron chi connectivity index (χ0n) is 20.1. The molecule has 0 saturated heterocycles. The molecule has 0 spiro atoms. The van der Waals surface area contributed by atoms with Gasteiger partial charge in [-0.1, -0.05) is 48.5 Å². The number of aromatic nitrogens is 2. The summed E-state index contributed by atoms with van der Waals surface area (Å²) >= 11 is 0. The van der Waals surface area contributed by atoms with Gasteiger partial charge in [-0.05, 0) is 60.1 Å². The van der Waals surface area contributed by atoms with Crippen LogP contribution in [-0.2, 0) is 25.9 Å². The Morgan fingerprint density at radius 3 is 1.12 bits per heavy atom. The fourth-order valence-electron chi connectivity index (χ4n) is 4.02. The topological polar surface area (TPSA) is 7.76 Å². The number of hydrogen-bond acceptors (Lipinski definition) is 0. The summed E-state index contributed by atoms with van der Waals surface area (Å²) in [5, 5.41) is 0. The van der Waals surface area contributed by atoms with E-state index in [1.165, 1.54) is 33.4 Å². The van der Waals surface area contributed by atoms with Crippen molar-refractivity contribution in [2.75, 3.05) is 0 Å². The Kier molecular flexibility index (Phi) is 11.7. The van der Waals surface area contributed by atoms with Crippen molar-refractivity contribution in [1.29, 1.82) is 0 Å². The first-order valence-electron chi connectivity index (χ1n) is 11.8. The van der Waals surface area contributed by atoms with Crippen LogP contribution in [0.2, 0.25) is 0 Å². The van der Waals surface area contributed by atoms with Gasteiger partial charge in [-0.25, -0.2) is 9.13 Å². The van der Waals surface area contributed by atoms with E-state index in [9.17, 15) is 0 Å². The first-order valence-corrected chi connectivity index (χ1v) is 11.8.